The van der Waals surface area contributed by atoms with E-state index in [4.69, 9.17) is 0 Å². The summed E-state index contributed by atoms with van der Waals surface area (Å²) < 4.78 is 0. The highest BCUT2D eigenvalue weighted by Gasteiger charge is 2.47. The minimum Gasteiger partial charge on any atom is -0.309 e. The molecule has 0 aliphatic heterocycles. The zero-order valence-corrected chi connectivity index (χ0v) is 38.2. The summed E-state index contributed by atoms with van der Waals surface area (Å²) in [7, 11) is 0. The van der Waals surface area contributed by atoms with Gasteiger partial charge in [0.05, 0.1) is 16.8 Å². The highest BCUT2D eigenvalue weighted by molar-refractivity contribution is 6.04. The van der Waals surface area contributed by atoms with Crippen molar-refractivity contribution in [1.82, 2.24) is 0 Å². The summed E-state index contributed by atoms with van der Waals surface area (Å²) >= 11 is 0. The molecule has 0 radical (unpaired) electrons. The average Bonchev–Trinajstić information content (AvgIpc) is 3.65. The van der Waals surface area contributed by atoms with Gasteiger partial charge < -0.3 is 4.90 Å². The van der Waals surface area contributed by atoms with Gasteiger partial charge in [0, 0.05) is 16.6 Å². The van der Waals surface area contributed by atoms with Crippen LogP contribution in [0.3, 0.4) is 0 Å². The van der Waals surface area contributed by atoms with Crippen LogP contribution < -0.4 is 4.90 Å². The molecule has 0 spiro atoms. The van der Waals surface area contributed by atoms with Gasteiger partial charge in [-0.1, -0.05) is 222 Å². The third-order valence-electron chi connectivity index (χ3n) is 15.2. The van der Waals surface area contributed by atoms with Gasteiger partial charge >= 0.3 is 0 Å². The first-order valence-corrected chi connectivity index (χ1v) is 23.6. The fraction of sp³-hybridized carbons (Fsp3) is 0.138. The van der Waals surface area contributed by atoms with Crippen LogP contribution in [0.25, 0.3) is 54.9 Å². The molecule has 0 bridgehead atoms. The zero-order valence-electron chi connectivity index (χ0n) is 38.2. The largest absolute Gasteiger partial charge is 0.309 e. The van der Waals surface area contributed by atoms with Crippen LogP contribution in [0.1, 0.15) is 73.9 Å². The Morgan fingerprint density at radius 2 is 0.879 bits per heavy atom. The molecule has 66 heavy (non-hydrogen) atoms. The normalized spacial score (nSPS) is 15.2. The summed E-state index contributed by atoms with van der Waals surface area (Å²) in [4.78, 5) is 2.58. The van der Waals surface area contributed by atoms with Gasteiger partial charge in [0.1, 0.15) is 0 Å². The second-order valence-electron chi connectivity index (χ2n) is 19.8. The molecule has 0 N–H and O–H groups in total. The Labute approximate surface area is 389 Å². The fourth-order valence-electron chi connectivity index (χ4n) is 11.9. The molecule has 2 aliphatic rings. The molecule has 0 unspecified atom stereocenters. The van der Waals surface area contributed by atoms with Crippen molar-refractivity contribution in [1.29, 1.82) is 0 Å². The Morgan fingerprint density at radius 1 is 0.348 bits per heavy atom. The monoisotopic (exact) mass is 847 g/mol. The Kier molecular flexibility index (Phi) is 9.30. The van der Waals surface area contributed by atoms with Crippen molar-refractivity contribution in [2.75, 3.05) is 4.90 Å². The number of benzene rings is 10. The van der Waals surface area contributed by atoms with Gasteiger partial charge in [0.15, 0.2) is 0 Å². The van der Waals surface area contributed by atoms with E-state index >= 15 is 0 Å². The van der Waals surface area contributed by atoms with Crippen molar-refractivity contribution in [2.24, 2.45) is 0 Å². The highest BCUT2D eigenvalue weighted by atomic mass is 15.1. The van der Waals surface area contributed by atoms with Crippen molar-refractivity contribution < 1.29 is 0 Å². The quantitative estimate of drug-likeness (QED) is 0.154. The predicted octanol–water partition coefficient (Wildman–Crippen LogP) is 17.5. The molecule has 0 amide bonds. The Hall–Kier alpha value is -7.48. The molecule has 12 rings (SSSR count). The van der Waals surface area contributed by atoms with Crippen molar-refractivity contribution >= 4 is 38.6 Å². The lowest BCUT2D eigenvalue weighted by Gasteiger charge is -2.43. The third-order valence-corrected chi connectivity index (χ3v) is 15.2. The second kappa shape index (κ2) is 15.3. The lowest BCUT2D eigenvalue weighted by Crippen LogP contribution is -2.34. The number of hydrogen-bond acceptors (Lipinski definition) is 1. The van der Waals surface area contributed by atoms with E-state index in [9.17, 15) is 0 Å². The first kappa shape index (κ1) is 40.1. The number of fused-ring (bicyclic) bond motifs is 6. The predicted molar refractivity (Wildman–Crippen MR) is 280 cm³/mol. The summed E-state index contributed by atoms with van der Waals surface area (Å²) in [5, 5.41) is 4.93. The lowest BCUT2D eigenvalue weighted by atomic mass is 9.61. The number of nitrogens with zero attached hydrogens (tertiary/aromatic N) is 1. The van der Waals surface area contributed by atoms with Gasteiger partial charge in [-0.05, 0) is 131 Å². The first-order chi connectivity index (χ1) is 32.2. The molecule has 1 heteroatoms. The Bertz CT molecular complexity index is 3420. The van der Waals surface area contributed by atoms with Crippen LogP contribution in [-0.4, -0.2) is 0 Å². The molecule has 0 saturated heterocycles. The molecule has 0 saturated carbocycles. The molecule has 2 aliphatic carbocycles. The van der Waals surface area contributed by atoms with Crippen molar-refractivity contribution in [3.63, 3.8) is 0 Å². The molecular formula is C65H53N. The summed E-state index contributed by atoms with van der Waals surface area (Å²) in [6.07, 6.45) is 2.28. The minimum absolute atomic E-state index is 0.0299. The molecule has 318 valence electrons. The summed E-state index contributed by atoms with van der Waals surface area (Å²) in [5.74, 6) is 0. The van der Waals surface area contributed by atoms with Crippen LogP contribution in [0.4, 0.5) is 17.1 Å². The standard InChI is InChI=1S/C65H53N/c1-63(2)40-41-64(3,4)62-54(32-19-34-58(62)63)56-42-55-53-30-15-16-33-57(53)65(47-24-7-5-8-25-47,48-26-9-6-10-27-48)59(55)43-61(56)66(60-35-18-23-45-21-12-14-29-52(45)60)49-38-36-46(37-39-49)51-31-17-22-44-20-11-13-28-50(44)51/h5-39,42-43H,40-41H2,1-4H3. The van der Waals surface area contributed by atoms with E-state index in [0.717, 1.165) is 24.2 Å². The van der Waals surface area contributed by atoms with Crippen LogP contribution in [0.2, 0.25) is 0 Å². The maximum Gasteiger partial charge on any atom is 0.0714 e. The smallest absolute Gasteiger partial charge is 0.0714 e. The van der Waals surface area contributed by atoms with Crippen molar-refractivity contribution in [2.45, 2.75) is 56.8 Å². The van der Waals surface area contributed by atoms with Gasteiger partial charge in [0.2, 0.25) is 0 Å². The van der Waals surface area contributed by atoms with E-state index in [1.807, 2.05) is 0 Å². The minimum atomic E-state index is -0.568. The molecular weight excluding hydrogens is 795 g/mol. The van der Waals surface area contributed by atoms with Crippen LogP contribution in [-0.2, 0) is 16.2 Å². The van der Waals surface area contributed by atoms with E-state index < -0.39 is 5.41 Å². The Balaban J connectivity index is 1.22. The van der Waals surface area contributed by atoms with Crippen LogP contribution in [0, 0.1) is 0 Å². The SMILES string of the molecule is CC1(C)CCC(C)(C)c2c(-c3cc4c(cc3N(c3ccc(-c5cccc6ccccc56)cc3)c3cccc5ccccc35)C(c3ccccc3)(c3ccccc3)c3ccccc3-4)cccc21. The Morgan fingerprint density at radius 3 is 1.61 bits per heavy atom. The van der Waals surface area contributed by atoms with Gasteiger partial charge in [-0.2, -0.15) is 0 Å². The molecule has 10 aromatic carbocycles. The van der Waals surface area contributed by atoms with Gasteiger partial charge in [-0.15, -0.1) is 0 Å². The number of anilines is 3. The second-order valence-corrected chi connectivity index (χ2v) is 19.8. The fourth-order valence-corrected chi connectivity index (χ4v) is 11.9. The topological polar surface area (TPSA) is 3.24 Å². The first-order valence-electron chi connectivity index (χ1n) is 23.6. The lowest BCUT2D eigenvalue weighted by molar-refractivity contribution is 0.333. The van der Waals surface area contributed by atoms with Gasteiger partial charge in [-0.25, -0.2) is 0 Å². The maximum atomic E-state index is 2.59. The summed E-state index contributed by atoms with van der Waals surface area (Å²) in [5.41, 5.74) is 18.5. The van der Waals surface area contributed by atoms with Crippen LogP contribution >= 0.6 is 0 Å². The molecule has 0 atom stereocenters. The molecule has 0 aromatic heterocycles. The van der Waals surface area contributed by atoms with Crippen molar-refractivity contribution in [3.8, 4) is 33.4 Å². The average molecular weight is 848 g/mol. The third kappa shape index (κ3) is 6.13. The number of rotatable bonds is 7. The molecule has 10 aromatic rings. The van der Waals surface area contributed by atoms with E-state index in [1.54, 1.807) is 0 Å². The molecule has 0 fully saturated rings. The summed E-state index contributed by atoms with van der Waals surface area (Å²) in [6.45, 7) is 9.83. The van der Waals surface area contributed by atoms with Crippen molar-refractivity contribution in [3.05, 3.63) is 258 Å². The van der Waals surface area contributed by atoms with Gasteiger partial charge in [0.25, 0.3) is 0 Å². The molecule has 0 heterocycles. The van der Waals surface area contributed by atoms with E-state index in [1.165, 1.54) is 94.0 Å². The van der Waals surface area contributed by atoms with E-state index in [0.29, 0.717) is 0 Å². The van der Waals surface area contributed by atoms with E-state index in [2.05, 4.69) is 257 Å². The van der Waals surface area contributed by atoms with E-state index in [-0.39, 0.29) is 10.8 Å². The highest BCUT2D eigenvalue weighted by Crippen LogP contribution is 2.60. The maximum absolute atomic E-state index is 2.59. The molecule has 1 nitrogen and oxygen atoms in total. The van der Waals surface area contributed by atoms with Crippen LogP contribution in [0.5, 0.6) is 0 Å². The van der Waals surface area contributed by atoms with Crippen LogP contribution in [0.15, 0.2) is 224 Å². The summed E-state index contributed by atoms with van der Waals surface area (Å²) in [6, 6.07) is 84.3. The van der Waals surface area contributed by atoms with Gasteiger partial charge in [-0.3, -0.25) is 0 Å². The number of hydrogen-bond donors (Lipinski definition) is 0. The zero-order chi connectivity index (χ0) is 44.6.